The van der Waals surface area contributed by atoms with E-state index in [0.29, 0.717) is 36.0 Å². The third-order valence-electron chi connectivity index (χ3n) is 5.03. The van der Waals surface area contributed by atoms with Gasteiger partial charge in [-0.1, -0.05) is 60.1 Å². The number of carbonyl (C=O) groups excluding carboxylic acids is 1. The molecule has 0 bridgehead atoms. The lowest BCUT2D eigenvalue weighted by atomic mass is 10.1. The molecule has 8 heteroatoms. The third-order valence-corrected chi connectivity index (χ3v) is 6.58. The predicted molar refractivity (Wildman–Crippen MR) is 132 cm³/mol. The lowest BCUT2D eigenvalue weighted by Gasteiger charge is -2.23. The van der Waals surface area contributed by atoms with Crippen molar-refractivity contribution >= 4 is 33.2 Å². The first-order valence-electron chi connectivity index (χ1n) is 10.5. The number of benzene rings is 3. The number of halogens is 1. The Morgan fingerprint density at radius 3 is 2.33 bits per heavy atom. The van der Waals surface area contributed by atoms with Gasteiger partial charge in [0.25, 0.3) is 5.91 Å². The van der Waals surface area contributed by atoms with E-state index >= 15 is 0 Å². The minimum Gasteiger partial charge on any atom is -0.375 e. The molecule has 174 valence electrons. The van der Waals surface area contributed by atoms with Crippen LogP contribution in [0.2, 0.25) is 5.02 Å². The van der Waals surface area contributed by atoms with Gasteiger partial charge < -0.3 is 10.1 Å². The molecule has 0 aliphatic carbocycles. The molecule has 0 fully saturated rings. The average Bonchev–Trinajstić information content (AvgIpc) is 2.79. The maximum Gasteiger partial charge on any atom is 0.251 e. The third kappa shape index (κ3) is 7.32. The van der Waals surface area contributed by atoms with Gasteiger partial charge in [0.15, 0.2) is 0 Å². The molecule has 3 aromatic rings. The van der Waals surface area contributed by atoms with E-state index in [-0.39, 0.29) is 12.5 Å². The van der Waals surface area contributed by atoms with Gasteiger partial charge in [-0.15, -0.1) is 0 Å². The van der Waals surface area contributed by atoms with Crippen LogP contribution >= 0.6 is 11.6 Å². The number of nitrogens with zero attached hydrogens (tertiary/aromatic N) is 1. The fourth-order valence-electron chi connectivity index (χ4n) is 3.17. The average molecular weight is 487 g/mol. The molecular weight excluding hydrogens is 460 g/mol. The zero-order valence-electron chi connectivity index (χ0n) is 18.6. The quantitative estimate of drug-likeness (QED) is 0.426. The molecule has 1 amide bonds. The number of nitrogens with one attached hydrogen (secondary N) is 1. The van der Waals surface area contributed by atoms with Gasteiger partial charge in [-0.05, 0) is 47.9 Å². The summed E-state index contributed by atoms with van der Waals surface area (Å²) in [5.41, 5.74) is 3.68. The van der Waals surface area contributed by atoms with Gasteiger partial charge in [0.2, 0.25) is 10.0 Å². The summed E-state index contributed by atoms with van der Waals surface area (Å²) in [6, 6.07) is 21.8. The van der Waals surface area contributed by atoms with Crippen LogP contribution in [0.15, 0.2) is 72.8 Å². The Bertz CT molecular complexity index is 1180. The van der Waals surface area contributed by atoms with Crippen LogP contribution < -0.4 is 9.62 Å². The Labute approximate surface area is 200 Å². The molecule has 0 aliphatic rings. The predicted octanol–water partition coefficient (Wildman–Crippen LogP) is 4.56. The van der Waals surface area contributed by atoms with E-state index in [2.05, 4.69) is 5.32 Å². The molecule has 6 nitrogen and oxygen atoms in total. The molecule has 0 saturated heterocycles. The minimum absolute atomic E-state index is 0.132. The summed E-state index contributed by atoms with van der Waals surface area (Å²) in [5, 5.41) is 3.32. The Balaban J connectivity index is 1.55. The highest BCUT2D eigenvalue weighted by molar-refractivity contribution is 7.92. The molecule has 0 aromatic heterocycles. The number of hydrogen-bond acceptors (Lipinski definition) is 4. The summed E-state index contributed by atoms with van der Waals surface area (Å²) in [5.74, 6) is -0.213. The second-order valence-electron chi connectivity index (χ2n) is 7.69. The molecule has 0 saturated carbocycles. The molecule has 0 spiro atoms. The van der Waals surface area contributed by atoms with Crippen LogP contribution in [-0.4, -0.2) is 33.7 Å². The van der Waals surface area contributed by atoms with Gasteiger partial charge >= 0.3 is 0 Å². The van der Waals surface area contributed by atoms with Crippen molar-refractivity contribution in [1.29, 1.82) is 0 Å². The second kappa shape index (κ2) is 11.3. The van der Waals surface area contributed by atoms with Gasteiger partial charge in [-0.2, -0.15) is 0 Å². The largest absolute Gasteiger partial charge is 0.375 e. The minimum atomic E-state index is -3.53. The molecule has 0 atom stereocenters. The summed E-state index contributed by atoms with van der Waals surface area (Å²) in [4.78, 5) is 12.4. The Hall–Kier alpha value is -2.87. The normalized spacial score (nSPS) is 11.2. The van der Waals surface area contributed by atoms with Gasteiger partial charge in [0.05, 0.1) is 31.7 Å². The Morgan fingerprint density at radius 1 is 1.00 bits per heavy atom. The molecule has 0 radical (unpaired) electrons. The molecule has 3 rings (SSSR count). The zero-order chi connectivity index (χ0) is 23.8. The standard InChI is InChI=1S/C25H27ClN2O4S/c1-19-8-13-23(16-24(19)26)28(33(2,30)31)17-20-9-11-22(12-10-20)25(29)27-14-15-32-18-21-6-4-3-5-7-21/h3-13,16H,14-15,17-18H2,1-2H3,(H,27,29). The van der Waals surface area contributed by atoms with E-state index in [0.717, 1.165) is 22.9 Å². The van der Waals surface area contributed by atoms with Crippen molar-refractivity contribution in [1.82, 2.24) is 5.32 Å². The highest BCUT2D eigenvalue weighted by Gasteiger charge is 2.19. The van der Waals surface area contributed by atoms with E-state index in [1.54, 1.807) is 42.5 Å². The fraction of sp³-hybridized carbons (Fsp3) is 0.240. The van der Waals surface area contributed by atoms with Crippen molar-refractivity contribution in [3.63, 3.8) is 0 Å². The van der Waals surface area contributed by atoms with Crippen molar-refractivity contribution in [2.75, 3.05) is 23.7 Å². The Kier molecular flexibility index (Phi) is 8.49. The summed E-state index contributed by atoms with van der Waals surface area (Å²) in [6.45, 7) is 3.28. The van der Waals surface area contributed by atoms with Gasteiger partial charge in [0, 0.05) is 17.1 Å². The Morgan fingerprint density at radius 2 is 1.70 bits per heavy atom. The smallest absolute Gasteiger partial charge is 0.251 e. The number of sulfonamides is 1. The van der Waals surface area contributed by atoms with Crippen molar-refractivity contribution in [3.05, 3.63) is 100 Å². The highest BCUT2D eigenvalue weighted by Crippen LogP contribution is 2.26. The first-order valence-corrected chi connectivity index (χ1v) is 12.7. The molecule has 3 aromatic carbocycles. The van der Waals surface area contributed by atoms with E-state index in [9.17, 15) is 13.2 Å². The van der Waals surface area contributed by atoms with Crippen LogP contribution in [0.5, 0.6) is 0 Å². The number of anilines is 1. The number of carbonyl (C=O) groups is 1. The molecule has 1 N–H and O–H groups in total. The zero-order valence-corrected chi connectivity index (χ0v) is 20.2. The fourth-order valence-corrected chi connectivity index (χ4v) is 4.22. The summed E-state index contributed by atoms with van der Waals surface area (Å²) >= 11 is 6.18. The first-order chi connectivity index (χ1) is 15.7. The maximum atomic E-state index is 12.4. The number of hydrogen-bond donors (Lipinski definition) is 1. The SMILES string of the molecule is Cc1ccc(N(Cc2ccc(C(=O)NCCOCc3ccccc3)cc2)S(C)(=O)=O)cc1Cl. The number of rotatable bonds is 10. The van der Waals surface area contributed by atoms with Crippen molar-refractivity contribution in [3.8, 4) is 0 Å². The van der Waals surface area contributed by atoms with Crippen LogP contribution in [0.4, 0.5) is 5.69 Å². The van der Waals surface area contributed by atoms with Crippen molar-refractivity contribution in [2.45, 2.75) is 20.1 Å². The lowest BCUT2D eigenvalue weighted by Crippen LogP contribution is -2.29. The van der Waals surface area contributed by atoms with Crippen LogP contribution in [-0.2, 0) is 27.9 Å². The topological polar surface area (TPSA) is 75.7 Å². The molecular formula is C25H27ClN2O4S. The number of aryl methyl sites for hydroxylation is 1. The van der Waals surface area contributed by atoms with E-state index in [4.69, 9.17) is 16.3 Å². The molecule has 33 heavy (non-hydrogen) atoms. The van der Waals surface area contributed by atoms with Crippen LogP contribution in [0.25, 0.3) is 0 Å². The van der Waals surface area contributed by atoms with Crippen LogP contribution in [0.1, 0.15) is 27.0 Å². The summed E-state index contributed by atoms with van der Waals surface area (Å²) in [7, 11) is -3.53. The first kappa shape index (κ1) is 24.8. The van der Waals surface area contributed by atoms with E-state index in [1.165, 1.54) is 4.31 Å². The number of ether oxygens (including phenoxy) is 1. The van der Waals surface area contributed by atoms with Gasteiger partial charge in [-0.3, -0.25) is 9.10 Å². The molecule has 0 aliphatic heterocycles. The summed E-state index contributed by atoms with van der Waals surface area (Å²) in [6.07, 6.45) is 1.16. The monoisotopic (exact) mass is 486 g/mol. The van der Waals surface area contributed by atoms with E-state index < -0.39 is 10.0 Å². The second-order valence-corrected chi connectivity index (χ2v) is 10.0. The van der Waals surface area contributed by atoms with Crippen LogP contribution in [0, 0.1) is 6.92 Å². The highest BCUT2D eigenvalue weighted by atomic mass is 35.5. The maximum absolute atomic E-state index is 12.4. The van der Waals surface area contributed by atoms with Gasteiger partial charge in [0.1, 0.15) is 0 Å². The molecule has 0 heterocycles. The van der Waals surface area contributed by atoms with Crippen molar-refractivity contribution < 1.29 is 17.9 Å². The van der Waals surface area contributed by atoms with Crippen molar-refractivity contribution in [2.24, 2.45) is 0 Å². The molecule has 0 unspecified atom stereocenters. The van der Waals surface area contributed by atoms with Gasteiger partial charge in [-0.25, -0.2) is 8.42 Å². The van der Waals surface area contributed by atoms with E-state index in [1.807, 2.05) is 37.3 Å². The van der Waals surface area contributed by atoms with Crippen LogP contribution in [0.3, 0.4) is 0 Å². The number of amides is 1. The lowest BCUT2D eigenvalue weighted by molar-refractivity contribution is 0.0901. The summed E-state index contributed by atoms with van der Waals surface area (Å²) < 4.78 is 31.6.